The van der Waals surface area contributed by atoms with Gasteiger partial charge in [0.1, 0.15) is 22.2 Å². The van der Waals surface area contributed by atoms with E-state index in [1.54, 1.807) is 0 Å². The Morgan fingerprint density at radius 3 is 1.55 bits per heavy atom. The van der Waals surface area contributed by atoms with Crippen molar-refractivity contribution in [2.75, 3.05) is 0 Å². The maximum atomic E-state index is 6.24. The standard InChI is InChI=1S/C41H23N5O3/c1-2-11-24(12-3-1)37-44-38(46-39(45-37)29-14-10-20-35-36(29)28-13-4-7-17-32(28)47-35)25-21-26(40-42-30-15-5-8-18-33(30)48-40)23-27(22-25)41-43-31-16-6-9-19-34(31)49-41/h1-23H. The second kappa shape index (κ2) is 10.8. The molecule has 0 radical (unpaired) electrons. The van der Waals surface area contributed by atoms with Crippen LogP contribution in [0.1, 0.15) is 0 Å². The lowest BCUT2D eigenvalue weighted by Gasteiger charge is -2.11. The lowest BCUT2D eigenvalue weighted by molar-refractivity contribution is 0.617. The zero-order chi connectivity index (χ0) is 32.3. The molecule has 49 heavy (non-hydrogen) atoms. The normalized spacial score (nSPS) is 11.7. The van der Waals surface area contributed by atoms with Crippen LogP contribution in [0.4, 0.5) is 0 Å². The highest BCUT2D eigenvalue weighted by Crippen LogP contribution is 2.38. The van der Waals surface area contributed by atoms with Crippen LogP contribution in [0.15, 0.2) is 153 Å². The molecule has 0 spiro atoms. The molecule has 0 bridgehead atoms. The highest BCUT2D eigenvalue weighted by molar-refractivity contribution is 6.11. The molecule has 230 valence electrons. The van der Waals surface area contributed by atoms with E-state index in [4.69, 9.17) is 38.2 Å². The molecule has 0 unspecified atom stereocenters. The first-order chi connectivity index (χ1) is 24.2. The Balaban J connectivity index is 1.23. The molecule has 6 aromatic carbocycles. The summed E-state index contributed by atoms with van der Waals surface area (Å²) >= 11 is 0. The van der Waals surface area contributed by atoms with Crippen molar-refractivity contribution in [3.8, 4) is 57.1 Å². The zero-order valence-electron chi connectivity index (χ0n) is 25.7. The van der Waals surface area contributed by atoms with Crippen molar-refractivity contribution < 1.29 is 13.3 Å². The van der Waals surface area contributed by atoms with E-state index in [0.29, 0.717) is 40.4 Å². The second-order valence-corrected chi connectivity index (χ2v) is 11.7. The van der Waals surface area contributed by atoms with Gasteiger partial charge in [-0.3, -0.25) is 0 Å². The van der Waals surface area contributed by atoms with Gasteiger partial charge in [0, 0.05) is 38.6 Å². The smallest absolute Gasteiger partial charge is 0.227 e. The van der Waals surface area contributed by atoms with Crippen LogP contribution in [-0.2, 0) is 0 Å². The van der Waals surface area contributed by atoms with E-state index >= 15 is 0 Å². The van der Waals surface area contributed by atoms with Gasteiger partial charge < -0.3 is 13.3 Å². The third-order valence-electron chi connectivity index (χ3n) is 8.58. The van der Waals surface area contributed by atoms with Crippen LogP contribution in [0.25, 0.3) is 101 Å². The summed E-state index contributed by atoms with van der Waals surface area (Å²) < 4.78 is 18.7. The molecule has 0 saturated carbocycles. The first-order valence-electron chi connectivity index (χ1n) is 15.8. The van der Waals surface area contributed by atoms with E-state index in [1.165, 1.54) is 0 Å². The molecule has 10 rings (SSSR count). The highest BCUT2D eigenvalue weighted by atomic mass is 16.4. The molecule has 0 aliphatic heterocycles. The van der Waals surface area contributed by atoms with Gasteiger partial charge in [-0.2, -0.15) is 0 Å². The minimum Gasteiger partial charge on any atom is -0.456 e. The van der Waals surface area contributed by atoms with E-state index in [1.807, 2.05) is 133 Å². The van der Waals surface area contributed by atoms with Crippen LogP contribution in [-0.4, -0.2) is 24.9 Å². The molecule has 0 aliphatic carbocycles. The Bertz CT molecular complexity index is 2690. The average molecular weight is 634 g/mol. The number of hydrogen-bond acceptors (Lipinski definition) is 8. The number of benzene rings is 6. The number of furan rings is 1. The number of fused-ring (bicyclic) bond motifs is 5. The topological polar surface area (TPSA) is 104 Å². The Hall–Kier alpha value is -6.93. The predicted octanol–water partition coefficient (Wildman–Crippen LogP) is 10.4. The van der Waals surface area contributed by atoms with E-state index in [-0.39, 0.29) is 0 Å². The summed E-state index contributed by atoms with van der Waals surface area (Å²) in [6.07, 6.45) is 0. The largest absolute Gasteiger partial charge is 0.456 e. The van der Waals surface area contributed by atoms with Gasteiger partial charge in [-0.25, -0.2) is 24.9 Å². The van der Waals surface area contributed by atoms with E-state index in [2.05, 4.69) is 6.07 Å². The van der Waals surface area contributed by atoms with Crippen LogP contribution in [0, 0.1) is 0 Å². The molecular weight excluding hydrogens is 610 g/mol. The Kier molecular flexibility index (Phi) is 6.01. The van der Waals surface area contributed by atoms with Crippen LogP contribution >= 0.6 is 0 Å². The summed E-state index contributed by atoms with van der Waals surface area (Å²) in [6.45, 7) is 0. The zero-order valence-corrected chi connectivity index (χ0v) is 25.7. The van der Waals surface area contributed by atoms with E-state index in [0.717, 1.165) is 60.8 Å². The van der Waals surface area contributed by atoms with Crippen molar-refractivity contribution in [2.24, 2.45) is 0 Å². The predicted molar refractivity (Wildman–Crippen MR) is 189 cm³/mol. The average Bonchev–Trinajstić information content (AvgIpc) is 3.90. The first-order valence-corrected chi connectivity index (χ1v) is 15.8. The summed E-state index contributed by atoms with van der Waals surface area (Å²) in [7, 11) is 0. The lowest BCUT2D eigenvalue weighted by Crippen LogP contribution is -2.01. The van der Waals surface area contributed by atoms with E-state index in [9.17, 15) is 0 Å². The number of oxazole rings is 2. The fourth-order valence-corrected chi connectivity index (χ4v) is 6.30. The van der Waals surface area contributed by atoms with Crippen molar-refractivity contribution in [3.05, 3.63) is 140 Å². The molecule has 8 heteroatoms. The second-order valence-electron chi connectivity index (χ2n) is 11.7. The molecule has 0 amide bonds. The monoisotopic (exact) mass is 633 g/mol. The van der Waals surface area contributed by atoms with Gasteiger partial charge in [0.15, 0.2) is 28.6 Å². The third-order valence-corrected chi connectivity index (χ3v) is 8.58. The maximum absolute atomic E-state index is 6.24. The summed E-state index contributed by atoms with van der Waals surface area (Å²) in [4.78, 5) is 24.8. The summed E-state index contributed by atoms with van der Waals surface area (Å²) in [6, 6.07) is 45.2. The molecule has 0 aliphatic rings. The number of hydrogen-bond donors (Lipinski definition) is 0. The van der Waals surface area contributed by atoms with Gasteiger partial charge >= 0.3 is 0 Å². The number of aromatic nitrogens is 5. The van der Waals surface area contributed by atoms with Gasteiger partial charge in [-0.1, -0.05) is 84.9 Å². The SMILES string of the molecule is c1ccc(-c2nc(-c3cc(-c4nc5ccccc5o4)cc(-c4nc5ccccc5o4)c3)nc(-c3cccc4oc5ccccc5c34)n2)cc1. The lowest BCUT2D eigenvalue weighted by atomic mass is 10.0. The fraction of sp³-hybridized carbons (Fsp3) is 0. The van der Waals surface area contributed by atoms with Gasteiger partial charge in [-0.05, 0) is 54.6 Å². The van der Waals surface area contributed by atoms with Gasteiger partial charge in [0.25, 0.3) is 0 Å². The minimum atomic E-state index is 0.465. The van der Waals surface area contributed by atoms with Gasteiger partial charge in [-0.15, -0.1) is 0 Å². The summed E-state index contributed by atoms with van der Waals surface area (Å²) in [5.74, 6) is 2.47. The minimum absolute atomic E-state index is 0.465. The van der Waals surface area contributed by atoms with Crippen molar-refractivity contribution in [1.82, 2.24) is 24.9 Å². The fourth-order valence-electron chi connectivity index (χ4n) is 6.30. The Morgan fingerprint density at radius 1 is 0.347 bits per heavy atom. The Labute approximate surface area is 278 Å². The molecule has 10 aromatic rings. The molecule has 4 aromatic heterocycles. The highest BCUT2D eigenvalue weighted by Gasteiger charge is 2.20. The molecule has 8 nitrogen and oxygen atoms in total. The first kappa shape index (κ1) is 27.2. The van der Waals surface area contributed by atoms with Gasteiger partial charge in [0.2, 0.25) is 11.8 Å². The molecule has 0 N–H and O–H groups in total. The van der Waals surface area contributed by atoms with E-state index < -0.39 is 0 Å². The van der Waals surface area contributed by atoms with Crippen molar-refractivity contribution in [2.45, 2.75) is 0 Å². The van der Waals surface area contributed by atoms with Crippen LogP contribution < -0.4 is 0 Å². The Morgan fingerprint density at radius 2 is 0.878 bits per heavy atom. The van der Waals surface area contributed by atoms with Crippen molar-refractivity contribution in [1.29, 1.82) is 0 Å². The summed E-state index contributed by atoms with van der Waals surface area (Å²) in [5, 5.41) is 1.94. The third kappa shape index (κ3) is 4.65. The number of nitrogens with zero attached hydrogens (tertiary/aromatic N) is 5. The molecule has 0 fully saturated rings. The van der Waals surface area contributed by atoms with Crippen molar-refractivity contribution in [3.63, 3.8) is 0 Å². The van der Waals surface area contributed by atoms with Gasteiger partial charge in [0.05, 0.1) is 0 Å². The van der Waals surface area contributed by atoms with Crippen LogP contribution in [0.2, 0.25) is 0 Å². The quantitative estimate of drug-likeness (QED) is 0.184. The molecule has 0 atom stereocenters. The summed E-state index contributed by atoms with van der Waals surface area (Å²) in [5.41, 5.74) is 8.39. The maximum Gasteiger partial charge on any atom is 0.227 e. The van der Waals surface area contributed by atoms with Crippen molar-refractivity contribution >= 4 is 44.1 Å². The van der Waals surface area contributed by atoms with Crippen LogP contribution in [0.3, 0.4) is 0 Å². The molecule has 0 saturated heterocycles. The number of para-hydroxylation sites is 5. The molecule has 4 heterocycles. The van der Waals surface area contributed by atoms with Crippen LogP contribution in [0.5, 0.6) is 0 Å². The molecular formula is C41H23N5O3. The number of rotatable bonds is 5.